The van der Waals surface area contributed by atoms with Crippen molar-refractivity contribution >= 4 is 44.1 Å². The van der Waals surface area contributed by atoms with Crippen molar-refractivity contribution in [3.63, 3.8) is 0 Å². The maximum absolute atomic E-state index is 15.2. The Hall–Kier alpha value is -3.43. The van der Waals surface area contributed by atoms with Gasteiger partial charge < -0.3 is 0 Å². The summed E-state index contributed by atoms with van der Waals surface area (Å²) in [7, 11) is -3.78. The van der Waals surface area contributed by atoms with Gasteiger partial charge in [-0.15, -0.1) is 0 Å². The van der Waals surface area contributed by atoms with E-state index in [-0.39, 0.29) is 27.8 Å². The van der Waals surface area contributed by atoms with E-state index in [9.17, 15) is 17.6 Å². The lowest BCUT2D eigenvalue weighted by molar-refractivity contribution is 0.103. The first kappa shape index (κ1) is 23.7. The number of nitrogens with zero attached hydrogens (tertiary/aromatic N) is 2. The van der Waals surface area contributed by atoms with Gasteiger partial charge in [0, 0.05) is 11.1 Å². The number of rotatable bonds is 7. The van der Waals surface area contributed by atoms with Crippen LogP contribution in [0, 0.1) is 11.6 Å². The minimum Gasteiger partial charge on any atom is -0.288 e. The van der Waals surface area contributed by atoms with Gasteiger partial charge in [-0.1, -0.05) is 18.5 Å². The molecule has 6 nitrogen and oxygen atoms in total. The molecule has 0 saturated heterocycles. The van der Waals surface area contributed by atoms with Crippen molar-refractivity contribution in [2.75, 3.05) is 10.5 Å². The molecule has 0 aliphatic rings. The highest BCUT2D eigenvalue weighted by atomic mass is 35.5. The first-order chi connectivity index (χ1) is 16.2. The maximum atomic E-state index is 15.2. The summed E-state index contributed by atoms with van der Waals surface area (Å²) in [6.07, 6.45) is 1.87. The largest absolute Gasteiger partial charge is 0.288 e. The van der Waals surface area contributed by atoms with Crippen LogP contribution in [0.1, 0.15) is 29.3 Å². The molecule has 4 rings (SSSR count). The Morgan fingerprint density at radius 3 is 2.47 bits per heavy atom. The fourth-order valence-electron chi connectivity index (χ4n) is 3.38. The van der Waals surface area contributed by atoms with Gasteiger partial charge in [0.25, 0.3) is 0 Å². The second kappa shape index (κ2) is 9.44. The van der Waals surface area contributed by atoms with Crippen LogP contribution in [0.5, 0.6) is 0 Å². The van der Waals surface area contributed by atoms with Gasteiger partial charge in [0.2, 0.25) is 10.0 Å². The van der Waals surface area contributed by atoms with Gasteiger partial charge in [-0.3, -0.25) is 14.5 Å². The van der Waals surface area contributed by atoms with Crippen LogP contribution < -0.4 is 4.72 Å². The van der Waals surface area contributed by atoms with E-state index in [1.165, 1.54) is 42.6 Å². The van der Waals surface area contributed by atoms with E-state index in [0.717, 1.165) is 0 Å². The average molecular weight is 502 g/mol. The summed E-state index contributed by atoms with van der Waals surface area (Å²) < 4.78 is 54.7. The van der Waals surface area contributed by atoms with E-state index in [1.54, 1.807) is 25.1 Å². The highest BCUT2D eigenvalue weighted by molar-refractivity contribution is 7.92. The number of sulfonamides is 1. The molecular weight excluding hydrogens is 484 g/mol. The van der Waals surface area contributed by atoms with Crippen molar-refractivity contribution in [1.29, 1.82) is 0 Å². The van der Waals surface area contributed by atoms with Crippen LogP contribution in [-0.2, 0) is 10.0 Å². The smallest absolute Gasteiger partial charge is 0.232 e. The van der Waals surface area contributed by atoms with Crippen molar-refractivity contribution in [3.05, 3.63) is 88.6 Å². The quantitative estimate of drug-likeness (QED) is 0.332. The molecule has 3 aromatic carbocycles. The second-order valence-electron chi connectivity index (χ2n) is 7.50. The number of hydrogen-bond donors (Lipinski definition) is 1. The fourth-order valence-corrected chi connectivity index (χ4v) is 4.75. The molecule has 0 aliphatic carbocycles. The third-order valence-corrected chi connectivity index (χ3v) is 6.79. The zero-order valence-corrected chi connectivity index (χ0v) is 19.4. The number of hydrogen-bond acceptors (Lipinski definition) is 5. The Kier molecular flexibility index (Phi) is 6.58. The summed E-state index contributed by atoms with van der Waals surface area (Å²) in [4.78, 5) is 22.0. The number of benzene rings is 3. The lowest BCUT2D eigenvalue weighted by atomic mass is 10.0. The number of anilines is 1. The van der Waals surface area contributed by atoms with Crippen molar-refractivity contribution in [2.24, 2.45) is 0 Å². The van der Waals surface area contributed by atoms with Crippen LogP contribution in [0.2, 0.25) is 5.02 Å². The van der Waals surface area contributed by atoms with E-state index >= 15 is 4.39 Å². The van der Waals surface area contributed by atoms with Crippen LogP contribution >= 0.6 is 11.6 Å². The second-order valence-corrected chi connectivity index (χ2v) is 9.75. The Balaban J connectivity index is 1.73. The van der Waals surface area contributed by atoms with E-state index in [1.807, 2.05) is 0 Å². The molecule has 0 spiro atoms. The van der Waals surface area contributed by atoms with Crippen LogP contribution in [0.4, 0.5) is 14.5 Å². The van der Waals surface area contributed by atoms with Crippen molar-refractivity contribution in [1.82, 2.24) is 9.97 Å². The van der Waals surface area contributed by atoms with Crippen molar-refractivity contribution < 1.29 is 22.0 Å². The molecule has 1 heterocycles. The summed E-state index contributed by atoms with van der Waals surface area (Å²) in [5, 5.41) is -0.160. The minimum absolute atomic E-state index is 0.0902. The molecule has 34 heavy (non-hydrogen) atoms. The molecule has 0 aliphatic heterocycles. The van der Waals surface area contributed by atoms with Gasteiger partial charge in [0.1, 0.15) is 5.82 Å². The summed E-state index contributed by atoms with van der Waals surface area (Å²) in [6, 6.07) is 12.6. The van der Waals surface area contributed by atoms with Gasteiger partial charge in [-0.2, -0.15) is 0 Å². The van der Waals surface area contributed by atoms with Gasteiger partial charge in [0.05, 0.1) is 45.0 Å². The molecule has 0 radical (unpaired) electrons. The topological polar surface area (TPSA) is 89.0 Å². The SMILES string of the molecule is CCCS(=O)(=O)Nc1ccc(Cl)c(C(=O)c2ccc3ncc(-c4ccc(F)cc4)nc3c2)c1F. The molecule has 4 aromatic rings. The third kappa shape index (κ3) is 4.90. The van der Waals surface area contributed by atoms with Gasteiger partial charge in [-0.05, 0) is 61.0 Å². The molecule has 0 saturated carbocycles. The van der Waals surface area contributed by atoms with Crippen LogP contribution in [-0.4, -0.2) is 29.9 Å². The van der Waals surface area contributed by atoms with E-state index in [0.29, 0.717) is 28.7 Å². The summed E-state index contributed by atoms with van der Waals surface area (Å²) in [6.45, 7) is 1.68. The normalized spacial score (nSPS) is 11.5. The van der Waals surface area contributed by atoms with Crippen molar-refractivity contribution in [2.45, 2.75) is 13.3 Å². The van der Waals surface area contributed by atoms with Gasteiger partial charge in [0.15, 0.2) is 11.6 Å². The molecule has 0 amide bonds. The third-order valence-electron chi connectivity index (χ3n) is 5.00. The lowest BCUT2D eigenvalue weighted by Crippen LogP contribution is -2.18. The van der Waals surface area contributed by atoms with Gasteiger partial charge >= 0.3 is 0 Å². The predicted octanol–water partition coefficient (Wildman–Crippen LogP) is 5.61. The van der Waals surface area contributed by atoms with Gasteiger partial charge in [-0.25, -0.2) is 22.2 Å². The zero-order chi connectivity index (χ0) is 24.5. The van der Waals surface area contributed by atoms with E-state index in [4.69, 9.17) is 11.6 Å². The Morgan fingerprint density at radius 2 is 1.76 bits per heavy atom. The number of halogens is 3. The molecule has 0 bridgehead atoms. The minimum atomic E-state index is -3.78. The predicted molar refractivity (Wildman–Crippen MR) is 127 cm³/mol. The van der Waals surface area contributed by atoms with E-state index < -0.39 is 27.2 Å². The molecule has 0 fully saturated rings. The Bertz CT molecular complexity index is 1510. The molecule has 174 valence electrons. The number of aromatic nitrogens is 2. The Morgan fingerprint density at radius 1 is 1.03 bits per heavy atom. The highest BCUT2D eigenvalue weighted by Crippen LogP contribution is 2.29. The van der Waals surface area contributed by atoms with Crippen molar-refractivity contribution in [3.8, 4) is 11.3 Å². The molecule has 10 heteroatoms. The molecule has 0 unspecified atom stereocenters. The first-order valence-electron chi connectivity index (χ1n) is 10.2. The fraction of sp³-hybridized carbons (Fsp3) is 0.125. The highest BCUT2D eigenvalue weighted by Gasteiger charge is 2.23. The standard InChI is InChI=1S/C24H18ClF2N3O3S/c1-2-11-34(32,33)30-19-10-8-17(25)22(23(19)27)24(31)15-5-9-18-20(12-15)29-21(13-28-18)14-3-6-16(26)7-4-14/h3-10,12-13,30H,2,11H2,1H3. The summed E-state index contributed by atoms with van der Waals surface area (Å²) in [5.41, 5.74) is 1.23. The zero-order valence-electron chi connectivity index (χ0n) is 17.8. The number of fused-ring (bicyclic) bond motifs is 1. The maximum Gasteiger partial charge on any atom is 0.232 e. The van der Waals surface area contributed by atoms with Crippen LogP contribution in [0.25, 0.3) is 22.3 Å². The molecular formula is C24H18ClF2N3O3S. The van der Waals surface area contributed by atoms with Crippen LogP contribution in [0.15, 0.2) is 60.8 Å². The molecule has 1 aromatic heterocycles. The monoisotopic (exact) mass is 501 g/mol. The lowest BCUT2D eigenvalue weighted by Gasteiger charge is -2.12. The number of carbonyl (C=O) groups is 1. The first-order valence-corrected chi connectivity index (χ1v) is 12.3. The number of ketones is 1. The summed E-state index contributed by atoms with van der Waals surface area (Å²) in [5.74, 6) is -2.39. The molecule has 0 atom stereocenters. The number of carbonyl (C=O) groups excluding carboxylic acids is 1. The molecule has 1 N–H and O–H groups in total. The van der Waals surface area contributed by atoms with E-state index in [2.05, 4.69) is 14.7 Å². The number of nitrogens with one attached hydrogen (secondary N) is 1. The average Bonchev–Trinajstić information content (AvgIpc) is 2.80. The summed E-state index contributed by atoms with van der Waals surface area (Å²) >= 11 is 6.12. The Labute approximate surface area is 199 Å². The van der Waals surface area contributed by atoms with Crippen LogP contribution in [0.3, 0.4) is 0 Å².